The highest BCUT2D eigenvalue weighted by Crippen LogP contribution is 2.29. The van der Waals surface area contributed by atoms with Crippen molar-refractivity contribution in [3.05, 3.63) is 81.4 Å². The number of hydrogen-bond acceptors (Lipinski definition) is 7. The van der Waals surface area contributed by atoms with Crippen molar-refractivity contribution in [3.8, 4) is 11.3 Å². The second kappa shape index (κ2) is 7.68. The summed E-state index contributed by atoms with van der Waals surface area (Å²) in [4.78, 5) is 27.5. The summed E-state index contributed by atoms with van der Waals surface area (Å²) in [5.41, 5.74) is 1.76. The standard InChI is InChI=1S/C19H15N5O4S/c1-12-3-4-13(9-16(12)24(26)27)15-11-29-19(21-15)22-18(25)17-6-5-14(28-17)10-23-8-2-7-20-23/h2-9,11H,10H2,1H3,(H,21,22,25). The van der Waals surface area contributed by atoms with Crippen LogP contribution >= 0.6 is 11.3 Å². The van der Waals surface area contributed by atoms with E-state index in [2.05, 4.69) is 15.4 Å². The SMILES string of the molecule is Cc1ccc(-c2csc(NC(=O)c3ccc(Cn4cccn4)o3)n2)cc1[N+](=O)[O-]. The predicted molar refractivity (Wildman–Crippen MR) is 107 cm³/mol. The Morgan fingerprint density at radius 3 is 2.97 bits per heavy atom. The van der Waals surface area contributed by atoms with Crippen LogP contribution in [0.1, 0.15) is 21.9 Å². The van der Waals surface area contributed by atoms with E-state index in [0.29, 0.717) is 34.3 Å². The number of nitrogens with one attached hydrogen (secondary N) is 1. The van der Waals surface area contributed by atoms with Gasteiger partial charge in [0, 0.05) is 35.0 Å². The Labute approximate surface area is 168 Å². The number of anilines is 1. The predicted octanol–water partition coefficient (Wildman–Crippen LogP) is 4.12. The molecule has 29 heavy (non-hydrogen) atoms. The molecule has 4 aromatic rings. The van der Waals surface area contributed by atoms with E-state index in [0.717, 1.165) is 0 Å². The van der Waals surface area contributed by atoms with Gasteiger partial charge >= 0.3 is 0 Å². The second-order valence-electron chi connectivity index (χ2n) is 6.22. The number of carbonyl (C=O) groups is 1. The number of nitro benzene ring substituents is 1. The zero-order valence-corrected chi connectivity index (χ0v) is 16.0. The van der Waals surface area contributed by atoms with Gasteiger partial charge in [0.2, 0.25) is 0 Å². The van der Waals surface area contributed by atoms with E-state index in [4.69, 9.17) is 4.42 Å². The molecule has 3 heterocycles. The smallest absolute Gasteiger partial charge is 0.293 e. The highest BCUT2D eigenvalue weighted by Gasteiger charge is 2.16. The summed E-state index contributed by atoms with van der Waals surface area (Å²) in [7, 11) is 0. The van der Waals surface area contributed by atoms with Crippen LogP contribution in [-0.4, -0.2) is 25.6 Å². The van der Waals surface area contributed by atoms with Gasteiger partial charge in [-0.05, 0) is 25.1 Å². The highest BCUT2D eigenvalue weighted by atomic mass is 32.1. The van der Waals surface area contributed by atoms with Gasteiger partial charge in [-0.25, -0.2) is 4.98 Å². The number of amides is 1. The highest BCUT2D eigenvalue weighted by molar-refractivity contribution is 7.14. The Balaban J connectivity index is 1.47. The first-order chi connectivity index (χ1) is 14.0. The van der Waals surface area contributed by atoms with E-state index in [1.165, 1.54) is 17.4 Å². The fourth-order valence-electron chi connectivity index (χ4n) is 2.73. The van der Waals surface area contributed by atoms with Crippen molar-refractivity contribution in [2.45, 2.75) is 13.5 Å². The second-order valence-corrected chi connectivity index (χ2v) is 7.08. The van der Waals surface area contributed by atoms with Crippen LogP contribution in [0.3, 0.4) is 0 Å². The average Bonchev–Trinajstić information content (AvgIpc) is 3.44. The molecule has 9 nitrogen and oxygen atoms in total. The van der Waals surface area contributed by atoms with Crippen LogP contribution in [0.4, 0.5) is 10.8 Å². The van der Waals surface area contributed by atoms with Crippen LogP contribution in [0.5, 0.6) is 0 Å². The molecular formula is C19H15N5O4S. The van der Waals surface area contributed by atoms with E-state index in [1.807, 2.05) is 0 Å². The molecule has 0 atom stereocenters. The molecule has 1 amide bonds. The molecule has 0 radical (unpaired) electrons. The van der Waals surface area contributed by atoms with Crippen molar-refractivity contribution in [1.82, 2.24) is 14.8 Å². The minimum Gasteiger partial charge on any atom is -0.454 e. The number of furan rings is 1. The van der Waals surface area contributed by atoms with Crippen molar-refractivity contribution in [2.75, 3.05) is 5.32 Å². The number of carbonyl (C=O) groups excluding carboxylic acids is 1. The topological polar surface area (TPSA) is 116 Å². The van der Waals surface area contributed by atoms with Gasteiger partial charge in [0.1, 0.15) is 5.76 Å². The van der Waals surface area contributed by atoms with E-state index in [-0.39, 0.29) is 11.4 Å². The third-order valence-electron chi connectivity index (χ3n) is 4.19. The van der Waals surface area contributed by atoms with E-state index in [9.17, 15) is 14.9 Å². The number of hydrogen-bond donors (Lipinski definition) is 1. The molecule has 3 aromatic heterocycles. The summed E-state index contributed by atoms with van der Waals surface area (Å²) in [6.07, 6.45) is 3.47. The van der Waals surface area contributed by atoms with Gasteiger partial charge in [0.25, 0.3) is 11.6 Å². The molecule has 10 heteroatoms. The first kappa shape index (κ1) is 18.6. The van der Waals surface area contributed by atoms with Crippen LogP contribution in [0.25, 0.3) is 11.3 Å². The van der Waals surface area contributed by atoms with Crippen LogP contribution in [0.2, 0.25) is 0 Å². The number of nitro groups is 1. The molecule has 0 aliphatic carbocycles. The van der Waals surface area contributed by atoms with Crippen LogP contribution in [0, 0.1) is 17.0 Å². The van der Waals surface area contributed by atoms with E-state index < -0.39 is 10.8 Å². The fraction of sp³-hybridized carbons (Fsp3) is 0.105. The molecule has 0 bridgehead atoms. The fourth-order valence-corrected chi connectivity index (χ4v) is 3.44. The summed E-state index contributed by atoms with van der Waals surface area (Å²) in [5, 5.41) is 20.0. The van der Waals surface area contributed by atoms with Crippen LogP contribution < -0.4 is 5.32 Å². The number of thiazole rings is 1. The molecular weight excluding hydrogens is 394 g/mol. The van der Waals surface area contributed by atoms with Gasteiger partial charge in [0.15, 0.2) is 10.9 Å². The van der Waals surface area contributed by atoms with Gasteiger partial charge in [-0.3, -0.25) is 24.9 Å². The molecule has 0 saturated heterocycles. The summed E-state index contributed by atoms with van der Waals surface area (Å²) >= 11 is 1.23. The molecule has 146 valence electrons. The maximum atomic E-state index is 12.4. The van der Waals surface area contributed by atoms with Gasteiger partial charge < -0.3 is 4.42 Å². The molecule has 1 aromatic carbocycles. The quantitative estimate of drug-likeness (QED) is 0.378. The van der Waals surface area contributed by atoms with Crippen molar-refractivity contribution < 1.29 is 14.1 Å². The van der Waals surface area contributed by atoms with Gasteiger partial charge in [0.05, 0.1) is 17.2 Å². The number of aryl methyl sites for hydroxylation is 1. The van der Waals surface area contributed by atoms with Crippen LogP contribution in [-0.2, 0) is 6.54 Å². The molecule has 4 rings (SSSR count). The maximum absolute atomic E-state index is 12.4. The van der Waals surface area contributed by atoms with Gasteiger partial charge in [-0.2, -0.15) is 5.10 Å². The zero-order chi connectivity index (χ0) is 20.4. The summed E-state index contributed by atoms with van der Waals surface area (Å²) < 4.78 is 7.26. The Hall–Kier alpha value is -3.79. The van der Waals surface area contributed by atoms with Crippen molar-refractivity contribution in [2.24, 2.45) is 0 Å². The number of aromatic nitrogens is 3. The lowest BCUT2D eigenvalue weighted by Crippen LogP contribution is -2.10. The normalized spacial score (nSPS) is 10.8. The molecule has 0 fully saturated rings. The zero-order valence-electron chi connectivity index (χ0n) is 15.2. The maximum Gasteiger partial charge on any atom is 0.293 e. The van der Waals surface area contributed by atoms with Gasteiger partial charge in [-0.15, -0.1) is 11.3 Å². The third kappa shape index (κ3) is 4.06. The van der Waals surface area contributed by atoms with Crippen molar-refractivity contribution in [3.63, 3.8) is 0 Å². The van der Waals surface area contributed by atoms with E-state index in [1.54, 1.807) is 59.7 Å². The van der Waals surface area contributed by atoms with Crippen molar-refractivity contribution in [1.29, 1.82) is 0 Å². The Kier molecular flexibility index (Phi) is 4.92. The van der Waals surface area contributed by atoms with E-state index >= 15 is 0 Å². The molecule has 1 N–H and O–H groups in total. The lowest BCUT2D eigenvalue weighted by atomic mass is 10.1. The lowest BCUT2D eigenvalue weighted by molar-refractivity contribution is -0.385. The minimum absolute atomic E-state index is 0.0291. The third-order valence-corrected chi connectivity index (χ3v) is 4.95. The molecule has 0 aliphatic rings. The number of benzene rings is 1. The summed E-state index contributed by atoms with van der Waals surface area (Å²) in [6, 6.07) is 10.0. The Morgan fingerprint density at radius 1 is 1.34 bits per heavy atom. The van der Waals surface area contributed by atoms with Gasteiger partial charge in [-0.1, -0.05) is 12.1 Å². The summed E-state index contributed by atoms with van der Waals surface area (Å²) in [6.45, 7) is 2.10. The largest absolute Gasteiger partial charge is 0.454 e. The Bertz CT molecular complexity index is 1180. The molecule has 0 spiro atoms. The molecule has 0 saturated carbocycles. The lowest BCUT2D eigenvalue weighted by Gasteiger charge is -2.01. The number of rotatable bonds is 6. The minimum atomic E-state index is -0.425. The van der Waals surface area contributed by atoms with Crippen molar-refractivity contribution >= 4 is 28.1 Å². The molecule has 0 unspecified atom stereocenters. The number of nitrogens with zero attached hydrogens (tertiary/aromatic N) is 4. The first-order valence-corrected chi connectivity index (χ1v) is 9.46. The van der Waals surface area contributed by atoms with Crippen LogP contribution in [0.15, 0.2) is 58.6 Å². The molecule has 0 aliphatic heterocycles. The average molecular weight is 409 g/mol. The first-order valence-electron chi connectivity index (χ1n) is 8.58. The summed E-state index contributed by atoms with van der Waals surface area (Å²) in [5.74, 6) is 0.341. The monoisotopic (exact) mass is 409 g/mol. The Morgan fingerprint density at radius 2 is 2.21 bits per heavy atom.